The lowest BCUT2D eigenvalue weighted by Gasteiger charge is -2.03. The second kappa shape index (κ2) is 3.87. The summed E-state index contributed by atoms with van der Waals surface area (Å²) in [5.41, 5.74) is 9.07. The van der Waals surface area contributed by atoms with Crippen LogP contribution in [0.2, 0.25) is 0 Å². The summed E-state index contributed by atoms with van der Waals surface area (Å²) in [4.78, 5) is 3.30. The molecule has 3 nitrogen and oxygen atoms in total. The van der Waals surface area contributed by atoms with Gasteiger partial charge in [-0.1, -0.05) is 0 Å². The van der Waals surface area contributed by atoms with Crippen LogP contribution in [0.25, 0.3) is 10.9 Å². The van der Waals surface area contributed by atoms with Crippen molar-refractivity contribution in [3.05, 3.63) is 27.9 Å². The van der Waals surface area contributed by atoms with Crippen molar-refractivity contribution in [1.29, 1.82) is 0 Å². The number of H-pyrrole nitrogens is 1. The van der Waals surface area contributed by atoms with Gasteiger partial charge in [0, 0.05) is 23.1 Å². The third kappa shape index (κ3) is 1.64. The molecule has 0 aliphatic heterocycles. The summed E-state index contributed by atoms with van der Waals surface area (Å²) < 4.78 is 6.21. The molecular weight excluding hydrogens is 256 g/mol. The summed E-state index contributed by atoms with van der Waals surface area (Å²) in [6, 6.07) is 4.02. The first kappa shape index (κ1) is 10.5. The first-order valence-corrected chi connectivity index (χ1v) is 5.51. The molecule has 0 fully saturated rings. The van der Waals surface area contributed by atoms with Gasteiger partial charge in [-0.15, -0.1) is 0 Å². The van der Waals surface area contributed by atoms with Gasteiger partial charge in [-0.3, -0.25) is 0 Å². The van der Waals surface area contributed by atoms with Gasteiger partial charge in [0.15, 0.2) is 0 Å². The fourth-order valence-corrected chi connectivity index (χ4v) is 2.31. The van der Waals surface area contributed by atoms with E-state index in [-0.39, 0.29) is 0 Å². The van der Waals surface area contributed by atoms with Gasteiger partial charge in [0.25, 0.3) is 0 Å². The Balaban J connectivity index is 2.76. The lowest BCUT2D eigenvalue weighted by atomic mass is 10.1. The fourth-order valence-electron chi connectivity index (χ4n) is 1.81. The highest BCUT2D eigenvalue weighted by Gasteiger charge is 2.10. The summed E-state index contributed by atoms with van der Waals surface area (Å²) in [6.07, 6.45) is 0. The zero-order valence-corrected chi connectivity index (χ0v) is 10.3. The number of ether oxygens (including phenoxy) is 1. The van der Waals surface area contributed by atoms with Crippen LogP contribution in [0, 0.1) is 6.92 Å². The summed E-state index contributed by atoms with van der Waals surface area (Å²) in [5, 5.41) is 1.13. The van der Waals surface area contributed by atoms with Gasteiger partial charge in [0.05, 0.1) is 11.6 Å². The highest BCUT2D eigenvalue weighted by atomic mass is 79.9. The topological polar surface area (TPSA) is 51.0 Å². The monoisotopic (exact) mass is 268 g/mol. The predicted octanol–water partition coefficient (Wildman–Crippen LogP) is 2.71. The van der Waals surface area contributed by atoms with Crippen molar-refractivity contribution in [2.75, 3.05) is 7.11 Å². The molecule has 3 N–H and O–H groups in total. The van der Waals surface area contributed by atoms with Crippen molar-refractivity contribution >= 4 is 26.8 Å². The number of hydrogen-bond donors (Lipinski definition) is 2. The van der Waals surface area contributed by atoms with Crippen molar-refractivity contribution in [2.45, 2.75) is 13.5 Å². The van der Waals surface area contributed by atoms with Gasteiger partial charge in [0.1, 0.15) is 5.75 Å². The Hall–Kier alpha value is -1.00. The van der Waals surface area contributed by atoms with Crippen LogP contribution >= 0.6 is 15.9 Å². The molecule has 15 heavy (non-hydrogen) atoms. The zero-order chi connectivity index (χ0) is 11.0. The number of fused-ring (bicyclic) bond motifs is 1. The molecule has 0 saturated heterocycles. The molecule has 4 heteroatoms. The molecule has 0 saturated carbocycles. The second-order valence-corrected chi connectivity index (χ2v) is 4.32. The number of halogens is 1. The van der Waals surface area contributed by atoms with Crippen LogP contribution in [0.15, 0.2) is 16.6 Å². The number of aromatic amines is 1. The van der Waals surface area contributed by atoms with Crippen LogP contribution in [0.3, 0.4) is 0 Å². The van der Waals surface area contributed by atoms with E-state index in [1.54, 1.807) is 7.11 Å². The molecule has 1 aromatic heterocycles. The normalized spacial score (nSPS) is 10.9. The van der Waals surface area contributed by atoms with Crippen molar-refractivity contribution in [2.24, 2.45) is 5.73 Å². The molecule has 1 heterocycles. The first-order chi connectivity index (χ1) is 7.17. The summed E-state index contributed by atoms with van der Waals surface area (Å²) >= 11 is 3.46. The molecule has 0 radical (unpaired) electrons. The molecule has 0 spiro atoms. The zero-order valence-electron chi connectivity index (χ0n) is 8.73. The van der Waals surface area contributed by atoms with E-state index in [2.05, 4.69) is 20.9 Å². The standard InChI is InChI=1S/C11H13BrN2O/c1-6-8(5-13)7-3-11(15-2)9(12)4-10(7)14-6/h3-4,14H,5,13H2,1-2H3. The summed E-state index contributed by atoms with van der Waals surface area (Å²) in [6.45, 7) is 2.57. The summed E-state index contributed by atoms with van der Waals surface area (Å²) in [7, 11) is 1.66. The highest BCUT2D eigenvalue weighted by Crippen LogP contribution is 2.32. The van der Waals surface area contributed by atoms with Crippen LogP contribution in [0.5, 0.6) is 5.75 Å². The predicted molar refractivity (Wildman–Crippen MR) is 65.2 cm³/mol. The minimum Gasteiger partial charge on any atom is -0.496 e. The van der Waals surface area contributed by atoms with Crippen molar-refractivity contribution in [3.8, 4) is 5.75 Å². The van der Waals surface area contributed by atoms with E-state index in [0.29, 0.717) is 6.54 Å². The number of benzene rings is 1. The molecule has 0 unspecified atom stereocenters. The van der Waals surface area contributed by atoms with Gasteiger partial charge in [-0.2, -0.15) is 0 Å². The van der Waals surface area contributed by atoms with Crippen molar-refractivity contribution in [3.63, 3.8) is 0 Å². The third-order valence-electron chi connectivity index (χ3n) is 2.60. The van der Waals surface area contributed by atoms with E-state index in [1.165, 1.54) is 0 Å². The number of aryl methyl sites for hydroxylation is 1. The lowest BCUT2D eigenvalue weighted by Crippen LogP contribution is -1.97. The maximum absolute atomic E-state index is 5.72. The molecule has 2 rings (SSSR count). The van der Waals surface area contributed by atoms with Gasteiger partial charge >= 0.3 is 0 Å². The van der Waals surface area contributed by atoms with Gasteiger partial charge < -0.3 is 15.5 Å². The Morgan fingerprint density at radius 2 is 2.20 bits per heavy atom. The molecule has 0 aliphatic rings. The minimum atomic E-state index is 0.538. The van der Waals surface area contributed by atoms with Crippen molar-refractivity contribution in [1.82, 2.24) is 4.98 Å². The van der Waals surface area contributed by atoms with Crippen LogP contribution in [0.4, 0.5) is 0 Å². The number of methoxy groups -OCH3 is 1. The lowest BCUT2D eigenvalue weighted by molar-refractivity contribution is 0.413. The van der Waals surface area contributed by atoms with E-state index >= 15 is 0 Å². The molecular formula is C11H13BrN2O. The summed E-state index contributed by atoms with van der Waals surface area (Å²) in [5.74, 6) is 0.830. The number of nitrogens with two attached hydrogens (primary N) is 1. The number of rotatable bonds is 2. The van der Waals surface area contributed by atoms with Crippen LogP contribution in [-0.4, -0.2) is 12.1 Å². The van der Waals surface area contributed by atoms with Gasteiger partial charge in [0.2, 0.25) is 0 Å². The Kier molecular flexibility index (Phi) is 2.71. The Morgan fingerprint density at radius 3 is 2.80 bits per heavy atom. The number of hydrogen-bond acceptors (Lipinski definition) is 2. The van der Waals surface area contributed by atoms with Crippen LogP contribution in [0.1, 0.15) is 11.3 Å². The Morgan fingerprint density at radius 1 is 1.47 bits per heavy atom. The maximum Gasteiger partial charge on any atom is 0.133 e. The average molecular weight is 269 g/mol. The number of nitrogens with one attached hydrogen (secondary N) is 1. The van der Waals surface area contributed by atoms with Gasteiger partial charge in [-0.25, -0.2) is 0 Å². The quantitative estimate of drug-likeness (QED) is 0.880. The molecule has 0 atom stereocenters. The number of aromatic nitrogens is 1. The van der Waals surface area contributed by atoms with E-state index in [4.69, 9.17) is 10.5 Å². The molecule has 2 aromatic rings. The molecule has 0 bridgehead atoms. The average Bonchev–Trinajstić information content (AvgIpc) is 2.51. The second-order valence-electron chi connectivity index (χ2n) is 3.47. The Labute approximate surface area is 96.7 Å². The fraction of sp³-hybridized carbons (Fsp3) is 0.273. The van der Waals surface area contributed by atoms with E-state index in [1.807, 2.05) is 19.1 Å². The van der Waals surface area contributed by atoms with E-state index < -0.39 is 0 Å². The largest absolute Gasteiger partial charge is 0.496 e. The minimum absolute atomic E-state index is 0.538. The van der Waals surface area contributed by atoms with Gasteiger partial charge in [-0.05, 0) is 40.5 Å². The van der Waals surface area contributed by atoms with Crippen molar-refractivity contribution < 1.29 is 4.74 Å². The van der Waals surface area contributed by atoms with Crippen LogP contribution < -0.4 is 10.5 Å². The molecule has 1 aromatic carbocycles. The van der Waals surface area contributed by atoms with Crippen LogP contribution in [-0.2, 0) is 6.54 Å². The van der Waals surface area contributed by atoms with E-state index in [9.17, 15) is 0 Å². The Bertz CT molecular complexity index is 505. The molecule has 80 valence electrons. The van der Waals surface area contributed by atoms with E-state index in [0.717, 1.165) is 32.4 Å². The highest BCUT2D eigenvalue weighted by molar-refractivity contribution is 9.10. The SMILES string of the molecule is COc1cc2c(CN)c(C)[nH]c2cc1Br. The first-order valence-electron chi connectivity index (χ1n) is 4.72. The third-order valence-corrected chi connectivity index (χ3v) is 3.22. The molecule has 0 aliphatic carbocycles. The smallest absolute Gasteiger partial charge is 0.133 e. The maximum atomic E-state index is 5.72. The molecule has 0 amide bonds.